The highest BCUT2D eigenvalue weighted by Crippen LogP contribution is 2.29. The van der Waals surface area contributed by atoms with Crippen molar-refractivity contribution in [3.05, 3.63) is 35.8 Å². The first-order chi connectivity index (χ1) is 9.97. The molecule has 21 heavy (non-hydrogen) atoms. The normalized spacial score (nSPS) is 18.3. The minimum absolute atomic E-state index is 0.399. The number of fused-ring (bicyclic) bond motifs is 1. The lowest BCUT2D eigenvalue weighted by atomic mass is 10.1. The standard InChI is InChI=1S/C13H10FN3O4/c14-6-1-2-9-7(3-6)8(4-15-9)11-12(20)17(5-10(18)19)13(21)16-11/h1-4,11,15H,5H2,(H,16,21)(H,18,19)/t11-/m0/s1. The topological polar surface area (TPSA) is 102 Å². The van der Waals surface area contributed by atoms with E-state index in [4.69, 9.17) is 5.11 Å². The van der Waals surface area contributed by atoms with Gasteiger partial charge in [-0.3, -0.25) is 14.5 Å². The molecular weight excluding hydrogens is 281 g/mol. The second-order valence-electron chi connectivity index (χ2n) is 4.63. The number of benzene rings is 1. The predicted octanol–water partition coefficient (Wildman–Crippen LogP) is 0.984. The lowest BCUT2D eigenvalue weighted by Gasteiger charge is -2.09. The van der Waals surface area contributed by atoms with E-state index in [2.05, 4.69) is 10.3 Å². The molecule has 0 radical (unpaired) electrons. The highest BCUT2D eigenvalue weighted by Gasteiger charge is 2.40. The summed E-state index contributed by atoms with van der Waals surface area (Å²) in [6.07, 6.45) is 1.50. The number of urea groups is 1. The molecule has 0 bridgehead atoms. The van der Waals surface area contributed by atoms with Crippen LogP contribution in [0.2, 0.25) is 0 Å². The summed E-state index contributed by atoms with van der Waals surface area (Å²) in [4.78, 5) is 38.0. The Morgan fingerprint density at radius 1 is 1.38 bits per heavy atom. The van der Waals surface area contributed by atoms with Gasteiger partial charge in [0.1, 0.15) is 18.4 Å². The fourth-order valence-corrected chi connectivity index (χ4v) is 2.37. The van der Waals surface area contributed by atoms with Gasteiger partial charge in [-0.2, -0.15) is 0 Å². The summed E-state index contributed by atoms with van der Waals surface area (Å²) in [6.45, 7) is -0.710. The number of nitrogens with zero attached hydrogens (tertiary/aromatic N) is 1. The molecule has 2 aromatic rings. The molecular formula is C13H10FN3O4. The number of carboxylic acids is 1. The minimum atomic E-state index is -1.29. The van der Waals surface area contributed by atoms with Gasteiger partial charge in [-0.1, -0.05) is 0 Å². The van der Waals surface area contributed by atoms with Crippen molar-refractivity contribution in [2.75, 3.05) is 6.54 Å². The van der Waals surface area contributed by atoms with Crippen LogP contribution in [0.25, 0.3) is 10.9 Å². The number of aromatic nitrogens is 1. The Hall–Kier alpha value is -2.90. The smallest absolute Gasteiger partial charge is 0.325 e. The number of aliphatic carboxylic acids is 1. The molecule has 3 amide bonds. The summed E-state index contributed by atoms with van der Waals surface area (Å²) < 4.78 is 13.3. The molecule has 1 aromatic heterocycles. The van der Waals surface area contributed by atoms with Crippen LogP contribution in [0.3, 0.4) is 0 Å². The first-order valence-electron chi connectivity index (χ1n) is 6.07. The van der Waals surface area contributed by atoms with Crippen molar-refractivity contribution >= 4 is 28.8 Å². The summed E-state index contributed by atoms with van der Waals surface area (Å²) in [5.41, 5.74) is 1.01. The molecule has 1 atom stereocenters. The van der Waals surface area contributed by atoms with Crippen molar-refractivity contribution < 1.29 is 23.9 Å². The van der Waals surface area contributed by atoms with Crippen molar-refractivity contribution in [2.24, 2.45) is 0 Å². The van der Waals surface area contributed by atoms with Gasteiger partial charge in [0.25, 0.3) is 5.91 Å². The molecule has 108 valence electrons. The van der Waals surface area contributed by atoms with E-state index in [0.29, 0.717) is 21.4 Å². The van der Waals surface area contributed by atoms with Crippen LogP contribution in [0.4, 0.5) is 9.18 Å². The lowest BCUT2D eigenvalue weighted by molar-refractivity contribution is -0.141. The zero-order chi connectivity index (χ0) is 15.1. The van der Waals surface area contributed by atoms with Gasteiger partial charge in [-0.15, -0.1) is 0 Å². The fourth-order valence-electron chi connectivity index (χ4n) is 2.37. The second kappa shape index (κ2) is 4.58. The number of H-pyrrole nitrogens is 1. The maximum Gasteiger partial charge on any atom is 0.325 e. The van der Waals surface area contributed by atoms with Gasteiger partial charge in [-0.05, 0) is 18.2 Å². The van der Waals surface area contributed by atoms with Crippen molar-refractivity contribution in [3.8, 4) is 0 Å². The van der Waals surface area contributed by atoms with E-state index in [1.807, 2.05) is 0 Å². The molecule has 3 rings (SSSR count). The number of hydrogen-bond donors (Lipinski definition) is 3. The van der Waals surface area contributed by atoms with Gasteiger partial charge in [-0.25, -0.2) is 9.18 Å². The Kier molecular flexibility index (Phi) is 2.86. The van der Waals surface area contributed by atoms with Crippen LogP contribution in [0.1, 0.15) is 11.6 Å². The molecule has 1 aliphatic rings. The van der Waals surface area contributed by atoms with Crippen molar-refractivity contribution in [2.45, 2.75) is 6.04 Å². The molecule has 8 heteroatoms. The van der Waals surface area contributed by atoms with Crippen molar-refractivity contribution in [3.63, 3.8) is 0 Å². The Labute approximate surface area is 117 Å². The zero-order valence-electron chi connectivity index (χ0n) is 10.6. The van der Waals surface area contributed by atoms with E-state index in [-0.39, 0.29) is 0 Å². The number of carbonyl (C=O) groups is 3. The van der Waals surface area contributed by atoms with Crippen molar-refractivity contribution in [1.82, 2.24) is 15.2 Å². The summed E-state index contributed by atoms with van der Waals surface area (Å²) in [6, 6.07) is 2.24. The quantitative estimate of drug-likeness (QED) is 0.733. The highest BCUT2D eigenvalue weighted by molar-refractivity contribution is 6.07. The lowest BCUT2D eigenvalue weighted by Crippen LogP contribution is -2.35. The monoisotopic (exact) mass is 291 g/mol. The van der Waals surface area contributed by atoms with Crippen LogP contribution < -0.4 is 5.32 Å². The molecule has 1 fully saturated rings. The molecule has 3 N–H and O–H groups in total. The number of hydrogen-bond acceptors (Lipinski definition) is 3. The Morgan fingerprint density at radius 2 is 2.14 bits per heavy atom. The Balaban J connectivity index is 2.00. The van der Waals surface area contributed by atoms with Crippen LogP contribution in [0.15, 0.2) is 24.4 Å². The van der Waals surface area contributed by atoms with Gasteiger partial charge >= 0.3 is 12.0 Å². The summed E-state index contributed by atoms with van der Waals surface area (Å²) in [7, 11) is 0. The molecule has 7 nitrogen and oxygen atoms in total. The maximum absolute atomic E-state index is 13.3. The first kappa shape index (κ1) is 13.1. The van der Waals surface area contributed by atoms with Gasteiger partial charge in [0.15, 0.2) is 0 Å². The fraction of sp³-hybridized carbons (Fsp3) is 0.154. The number of aromatic amines is 1. The maximum atomic E-state index is 13.3. The number of imide groups is 1. The average molecular weight is 291 g/mol. The van der Waals surface area contributed by atoms with E-state index in [0.717, 1.165) is 0 Å². The van der Waals surface area contributed by atoms with Gasteiger partial charge in [0.05, 0.1) is 0 Å². The number of rotatable bonds is 3. The molecule has 1 saturated heterocycles. The van der Waals surface area contributed by atoms with Gasteiger partial charge in [0.2, 0.25) is 0 Å². The number of carboxylic acid groups (broad SMARTS) is 1. The molecule has 0 aliphatic carbocycles. The zero-order valence-corrected chi connectivity index (χ0v) is 10.6. The van der Waals surface area contributed by atoms with E-state index < -0.39 is 36.3 Å². The third-order valence-electron chi connectivity index (χ3n) is 3.31. The van der Waals surface area contributed by atoms with Crippen LogP contribution >= 0.6 is 0 Å². The van der Waals surface area contributed by atoms with Crippen LogP contribution in [-0.4, -0.2) is 39.4 Å². The van der Waals surface area contributed by atoms with E-state index in [9.17, 15) is 18.8 Å². The Morgan fingerprint density at radius 3 is 2.86 bits per heavy atom. The van der Waals surface area contributed by atoms with Gasteiger partial charge < -0.3 is 15.4 Å². The summed E-state index contributed by atoms with van der Waals surface area (Å²) >= 11 is 0. The molecule has 2 heterocycles. The summed E-state index contributed by atoms with van der Waals surface area (Å²) in [5, 5.41) is 11.6. The third kappa shape index (κ3) is 2.10. The van der Waals surface area contributed by atoms with Crippen LogP contribution in [0.5, 0.6) is 0 Å². The van der Waals surface area contributed by atoms with E-state index in [1.165, 1.54) is 24.4 Å². The Bertz CT molecular complexity index is 770. The highest BCUT2D eigenvalue weighted by atomic mass is 19.1. The number of nitrogens with one attached hydrogen (secondary N) is 2. The number of carbonyl (C=O) groups excluding carboxylic acids is 2. The van der Waals surface area contributed by atoms with Gasteiger partial charge in [0, 0.05) is 22.7 Å². The van der Waals surface area contributed by atoms with E-state index >= 15 is 0 Å². The average Bonchev–Trinajstić information content (AvgIpc) is 2.94. The molecule has 1 aromatic carbocycles. The third-order valence-corrected chi connectivity index (χ3v) is 3.31. The van der Waals surface area contributed by atoms with Crippen LogP contribution in [-0.2, 0) is 9.59 Å². The summed E-state index contributed by atoms with van der Waals surface area (Å²) in [5.74, 6) is -2.43. The number of amides is 3. The van der Waals surface area contributed by atoms with Crippen molar-refractivity contribution in [1.29, 1.82) is 0 Å². The second-order valence-corrected chi connectivity index (χ2v) is 4.63. The number of halogens is 1. The molecule has 0 saturated carbocycles. The largest absolute Gasteiger partial charge is 0.480 e. The SMILES string of the molecule is O=C(O)CN1C(=O)N[C@@H](c2c[nH]c3ccc(F)cc23)C1=O. The predicted molar refractivity (Wildman–Crippen MR) is 68.9 cm³/mol. The van der Waals surface area contributed by atoms with Crippen LogP contribution in [0, 0.1) is 5.82 Å². The molecule has 1 aliphatic heterocycles. The minimum Gasteiger partial charge on any atom is -0.480 e. The molecule has 0 spiro atoms. The molecule has 0 unspecified atom stereocenters. The first-order valence-corrected chi connectivity index (χ1v) is 6.07. The van der Waals surface area contributed by atoms with E-state index in [1.54, 1.807) is 0 Å².